The minimum Gasteiger partial charge on any atom is -0.393 e. The largest absolute Gasteiger partial charge is 0.393 e. The summed E-state index contributed by atoms with van der Waals surface area (Å²) in [6.45, 7) is 5.02. The lowest BCUT2D eigenvalue weighted by Crippen LogP contribution is -2.52. The lowest BCUT2D eigenvalue weighted by atomic mass is 9.89. The number of aliphatic hydroxyl groups excluding tert-OH is 1. The Morgan fingerprint density at radius 1 is 1.47 bits per heavy atom. The minimum atomic E-state index is -0.363. The second-order valence-corrected chi connectivity index (χ2v) is 5.46. The Morgan fingerprint density at radius 2 is 2.16 bits per heavy atom. The molecule has 1 heterocycles. The summed E-state index contributed by atoms with van der Waals surface area (Å²) in [4.78, 5) is 24.1. The van der Waals surface area contributed by atoms with Crippen LogP contribution in [0, 0.1) is 5.92 Å². The summed E-state index contributed by atoms with van der Waals surface area (Å²) in [5.41, 5.74) is 5.23. The smallest absolute Gasteiger partial charge is 0.231 e. The van der Waals surface area contributed by atoms with Crippen molar-refractivity contribution in [3.8, 4) is 0 Å². The first-order valence-corrected chi connectivity index (χ1v) is 6.86. The molecule has 2 amide bonds. The molecular weight excluding hydrogens is 246 g/mol. The normalized spacial score (nSPS) is 25.8. The molecule has 0 saturated carbocycles. The number of amides is 2. The van der Waals surface area contributed by atoms with Crippen LogP contribution in [0.25, 0.3) is 0 Å². The van der Waals surface area contributed by atoms with Crippen molar-refractivity contribution in [3.63, 3.8) is 0 Å². The number of carbonyl (C=O) groups excluding carboxylic acids is 2. The van der Waals surface area contributed by atoms with Gasteiger partial charge in [-0.15, -0.1) is 0 Å². The van der Waals surface area contributed by atoms with Crippen molar-refractivity contribution in [1.82, 2.24) is 10.2 Å². The van der Waals surface area contributed by atoms with Crippen LogP contribution < -0.4 is 11.1 Å². The van der Waals surface area contributed by atoms with Crippen molar-refractivity contribution >= 4 is 11.8 Å². The molecular formula is C13H25N3O3. The van der Waals surface area contributed by atoms with E-state index in [4.69, 9.17) is 5.73 Å². The number of nitrogens with two attached hydrogens (primary N) is 1. The molecule has 0 spiro atoms. The van der Waals surface area contributed by atoms with Gasteiger partial charge in [0, 0.05) is 26.1 Å². The van der Waals surface area contributed by atoms with E-state index in [1.807, 2.05) is 11.8 Å². The highest BCUT2D eigenvalue weighted by atomic mass is 16.3. The number of aliphatic hydroxyl groups is 1. The summed E-state index contributed by atoms with van der Waals surface area (Å²) >= 11 is 0. The third kappa shape index (κ3) is 6.02. The van der Waals surface area contributed by atoms with Gasteiger partial charge < -0.3 is 16.2 Å². The molecule has 1 aliphatic heterocycles. The molecule has 1 aliphatic rings. The highest BCUT2D eigenvalue weighted by Gasteiger charge is 2.29. The van der Waals surface area contributed by atoms with E-state index in [0.717, 1.165) is 19.4 Å². The summed E-state index contributed by atoms with van der Waals surface area (Å²) in [7, 11) is 0. The van der Waals surface area contributed by atoms with E-state index < -0.39 is 0 Å². The van der Waals surface area contributed by atoms with Gasteiger partial charge in [-0.05, 0) is 25.2 Å². The number of hydrogen-bond acceptors (Lipinski definition) is 4. The Balaban J connectivity index is 2.60. The first-order chi connectivity index (χ1) is 8.90. The van der Waals surface area contributed by atoms with E-state index in [-0.39, 0.29) is 36.4 Å². The Kier molecular flexibility index (Phi) is 6.24. The lowest BCUT2D eigenvalue weighted by molar-refractivity contribution is -0.120. The van der Waals surface area contributed by atoms with Crippen molar-refractivity contribution in [2.24, 2.45) is 11.7 Å². The SMILES string of the molecule is CCC(O)CC1CC(NC(C)=O)CN(CC(N)=O)C1. The summed E-state index contributed by atoms with van der Waals surface area (Å²) in [6, 6.07) is 0.0275. The second-order valence-electron chi connectivity index (χ2n) is 5.46. The van der Waals surface area contributed by atoms with Gasteiger partial charge in [0.1, 0.15) is 0 Å². The molecule has 6 nitrogen and oxygen atoms in total. The molecule has 4 N–H and O–H groups in total. The van der Waals surface area contributed by atoms with Gasteiger partial charge >= 0.3 is 0 Å². The number of primary amides is 1. The van der Waals surface area contributed by atoms with E-state index >= 15 is 0 Å². The number of rotatable bonds is 6. The first kappa shape index (κ1) is 15.9. The van der Waals surface area contributed by atoms with E-state index in [1.165, 1.54) is 6.92 Å². The molecule has 1 saturated heterocycles. The van der Waals surface area contributed by atoms with Gasteiger partial charge in [-0.25, -0.2) is 0 Å². The minimum absolute atomic E-state index is 0.0275. The van der Waals surface area contributed by atoms with Crippen LogP contribution >= 0.6 is 0 Å². The van der Waals surface area contributed by atoms with Gasteiger partial charge in [0.2, 0.25) is 11.8 Å². The molecule has 0 bridgehead atoms. The van der Waals surface area contributed by atoms with Crippen molar-refractivity contribution < 1.29 is 14.7 Å². The quantitative estimate of drug-likeness (QED) is 0.604. The van der Waals surface area contributed by atoms with Gasteiger partial charge in [0.15, 0.2) is 0 Å². The monoisotopic (exact) mass is 271 g/mol. The maximum Gasteiger partial charge on any atom is 0.231 e. The predicted molar refractivity (Wildman–Crippen MR) is 72.3 cm³/mol. The van der Waals surface area contributed by atoms with Gasteiger partial charge in [0.25, 0.3) is 0 Å². The number of likely N-dealkylation sites (tertiary alicyclic amines) is 1. The fraction of sp³-hybridized carbons (Fsp3) is 0.846. The first-order valence-electron chi connectivity index (χ1n) is 6.86. The lowest BCUT2D eigenvalue weighted by Gasteiger charge is -2.38. The zero-order valence-electron chi connectivity index (χ0n) is 11.8. The fourth-order valence-electron chi connectivity index (χ4n) is 2.77. The number of carbonyl (C=O) groups is 2. The number of nitrogens with zero attached hydrogens (tertiary/aromatic N) is 1. The van der Waals surface area contributed by atoms with Crippen LogP contribution in [0.15, 0.2) is 0 Å². The molecule has 6 heteroatoms. The molecule has 110 valence electrons. The molecule has 3 atom stereocenters. The van der Waals surface area contributed by atoms with Crippen LogP contribution in [0.5, 0.6) is 0 Å². The average molecular weight is 271 g/mol. The van der Waals surface area contributed by atoms with Crippen LogP contribution in [0.3, 0.4) is 0 Å². The topological polar surface area (TPSA) is 95.7 Å². The van der Waals surface area contributed by atoms with Crippen LogP contribution in [0.4, 0.5) is 0 Å². The zero-order valence-corrected chi connectivity index (χ0v) is 11.8. The Morgan fingerprint density at radius 3 is 2.68 bits per heavy atom. The standard InChI is InChI=1S/C13H25N3O3/c1-3-12(18)5-10-4-11(15-9(2)17)7-16(6-10)8-13(14)19/h10-12,18H,3-8H2,1-2H3,(H2,14,19)(H,15,17). The highest BCUT2D eigenvalue weighted by Crippen LogP contribution is 2.22. The van der Waals surface area contributed by atoms with Crippen LogP contribution in [0.1, 0.15) is 33.1 Å². The summed E-state index contributed by atoms with van der Waals surface area (Å²) < 4.78 is 0. The van der Waals surface area contributed by atoms with Gasteiger partial charge in [-0.3, -0.25) is 14.5 Å². The zero-order chi connectivity index (χ0) is 14.4. The van der Waals surface area contributed by atoms with E-state index in [9.17, 15) is 14.7 Å². The van der Waals surface area contributed by atoms with Gasteiger partial charge in [-0.1, -0.05) is 6.92 Å². The Hall–Kier alpha value is -1.14. The van der Waals surface area contributed by atoms with Gasteiger partial charge in [0.05, 0.1) is 12.6 Å². The number of nitrogens with one attached hydrogen (secondary N) is 1. The van der Waals surface area contributed by atoms with Crippen LogP contribution in [-0.2, 0) is 9.59 Å². The van der Waals surface area contributed by atoms with E-state index in [2.05, 4.69) is 5.32 Å². The van der Waals surface area contributed by atoms with E-state index in [0.29, 0.717) is 13.0 Å². The molecule has 0 aliphatic carbocycles. The molecule has 0 aromatic heterocycles. The number of hydrogen-bond donors (Lipinski definition) is 3. The molecule has 3 unspecified atom stereocenters. The van der Waals surface area contributed by atoms with Crippen molar-refractivity contribution in [1.29, 1.82) is 0 Å². The van der Waals surface area contributed by atoms with E-state index in [1.54, 1.807) is 0 Å². The number of piperidine rings is 1. The highest BCUT2D eigenvalue weighted by molar-refractivity contribution is 5.76. The van der Waals surface area contributed by atoms with Crippen molar-refractivity contribution in [2.75, 3.05) is 19.6 Å². The van der Waals surface area contributed by atoms with Gasteiger partial charge in [-0.2, -0.15) is 0 Å². The summed E-state index contributed by atoms with van der Waals surface area (Å²) in [6.07, 6.45) is 1.93. The van der Waals surface area contributed by atoms with Crippen molar-refractivity contribution in [2.45, 2.75) is 45.3 Å². The maximum absolute atomic E-state index is 11.2. The average Bonchev–Trinajstić information content (AvgIpc) is 2.26. The third-order valence-corrected chi connectivity index (χ3v) is 3.48. The second kappa shape index (κ2) is 7.45. The maximum atomic E-state index is 11.2. The molecule has 0 radical (unpaired) electrons. The van der Waals surface area contributed by atoms with Crippen LogP contribution in [0.2, 0.25) is 0 Å². The van der Waals surface area contributed by atoms with Crippen LogP contribution in [-0.4, -0.2) is 53.6 Å². The summed E-state index contributed by atoms with van der Waals surface area (Å²) in [5, 5.41) is 12.6. The molecule has 0 aromatic carbocycles. The predicted octanol–water partition coefficient (Wildman–Crippen LogP) is -0.541. The molecule has 19 heavy (non-hydrogen) atoms. The molecule has 1 rings (SSSR count). The molecule has 0 aromatic rings. The third-order valence-electron chi connectivity index (χ3n) is 3.48. The Bertz CT molecular complexity index is 298. The summed E-state index contributed by atoms with van der Waals surface area (Å²) in [5.74, 6) is -0.154. The fourth-order valence-corrected chi connectivity index (χ4v) is 2.77. The van der Waals surface area contributed by atoms with Crippen molar-refractivity contribution in [3.05, 3.63) is 0 Å². The Labute approximate surface area is 114 Å². The molecule has 1 fully saturated rings.